The summed E-state index contributed by atoms with van der Waals surface area (Å²) in [5.74, 6) is 0.865. The Morgan fingerprint density at radius 1 is 0.860 bits per heavy atom. The monoisotopic (exact) mass is 630 g/mol. The molecule has 2 unspecified atom stereocenters. The number of benzene rings is 2. The van der Waals surface area contributed by atoms with Crippen LogP contribution in [0.25, 0.3) is 0 Å². The number of azo groups is 1. The van der Waals surface area contributed by atoms with E-state index >= 15 is 0 Å². The fourth-order valence-electron chi connectivity index (χ4n) is 4.98. The Morgan fingerprint density at radius 3 is 2.14 bits per heavy atom. The van der Waals surface area contributed by atoms with Crippen molar-refractivity contribution in [3.8, 4) is 0 Å². The molecule has 0 bridgehead atoms. The highest BCUT2D eigenvalue weighted by atomic mass is 32.2. The molecule has 0 aliphatic carbocycles. The second-order valence-corrected chi connectivity index (χ2v) is 13.3. The van der Waals surface area contributed by atoms with Gasteiger partial charge in [-0.15, -0.1) is 0 Å². The molecule has 0 spiro atoms. The summed E-state index contributed by atoms with van der Waals surface area (Å²) in [5, 5.41) is 20.4. The number of thioether (sulfide) groups is 1. The number of unbranched alkanes of at least 4 members (excludes halogenated alkanes) is 4. The van der Waals surface area contributed by atoms with Gasteiger partial charge < -0.3 is 21.3 Å². The molecule has 232 valence electrons. The minimum atomic E-state index is -4.26. The fourth-order valence-corrected chi connectivity index (χ4v) is 7.00. The zero-order chi connectivity index (χ0) is 30.7. The van der Waals surface area contributed by atoms with E-state index < -0.39 is 10.1 Å². The molecule has 5 N–H and O–H groups in total. The van der Waals surface area contributed by atoms with E-state index in [-0.39, 0.29) is 34.8 Å². The van der Waals surface area contributed by atoms with Crippen molar-refractivity contribution in [1.29, 1.82) is 0 Å². The first kappa shape index (κ1) is 32.4. The number of carbonyl (C=O) groups is 3. The molecule has 2 heterocycles. The molecule has 2 aliphatic rings. The van der Waals surface area contributed by atoms with Crippen LogP contribution in [0.3, 0.4) is 0 Å². The van der Waals surface area contributed by atoms with Gasteiger partial charge in [-0.2, -0.15) is 30.4 Å². The van der Waals surface area contributed by atoms with Gasteiger partial charge in [0.1, 0.15) is 0 Å². The maximum absolute atomic E-state index is 12.4. The summed E-state index contributed by atoms with van der Waals surface area (Å²) in [7, 11) is -4.26. The number of urea groups is 1. The Balaban J connectivity index is 1.00. The maximum atomic E-state index is 12.4. The standard InChI is InChI=1S/C29H38N6O6S2/c36-26(8-4-3-7-25-27-24(19-42-25)32-29(38)33-27)30-17-5-1-2-6-18-31-28(37)20-9-11-21(12-10-20)34-35-22-13-15-23(16-14-22)43(39,40)41/h9-16,24-25,27H,1-8,17-19H2,(H,30,36)(H,31,37)(H2,32,33,38)(H,39,40,41)/b35-34+/t24?,25-,27?/m1/s1. The van der Waals surface area contributed by atoms with Crippen LogP contribution < -0.4 is 21.3 Å². The van der Waals surface area contributed by atoms with Crippen LogP contribution in [0.2, 0.25) is 0 Å². The second-order valence-electron chi connectivity index (χ2n) is 10.6. The van der Waals surface area contributed by atoms with Crippen LogP contribution in [-0.4, -0.2) is 67.0 Å². The predicted octanol–water partition coefficient (Wildman–Crippen LogP) is 4.48. The van der Waals surface area contributed by atoms with Crippen LogP contribution in [0, 0.1) is 0 Å². The average molecular weight is 631 g/mol. The van der Waals surface area contributed by atoms with Crippen molar-refractivity contribution in [3.63, 3.8) is 0 Å². The maximum Gasteiger partial charge on any atom is 0.315 e. The highest BCUT2D eigenvalue weighted by Crippen LogP contribution is 2.33. The summed E-state index contributed by atoms with van der Waals surface area (Å²) < 4.78 is 31.2. The van der Waals surface area contributed by atoms with Gasteiger partial charge in [0.05, 0.1) is 28.4 Å². The third kappa shape index (κ3) is 10.3. The number of amides is 4. The van der Waals surface area contributed by atoms with Crippen molar-refractivity contribution >= 4 is 51.1 Å². The number of carbonyl (C=O) groups excluding carboxylic acids is 3. The molecular formula is C29H38N6O6S2. The topological polar surface area (TPSA) is 178 Å². The Bertz CT molecular complexity index is 1390. The normalized spacial score (nSPS) is 19.6. The number of hydrogen-bond acceptors (Lipinski definition) is 8. The van der Waals surface area contributed by atoms with E-state index in [0.29, 0.717) is 41.7 Å². The smallest absolute Gasteiger partial charge is 0.315 e. The summed E-state index contributed by atoms with van der Waals surface area (Å²) in [4.78, 5) is 35.7. The molecule has 4 amide bonds. The largest absolute Gasteiger partial charge is 0.356 e. The first-order chi connectivity index (χ1) is 20.7. The molecule has 4 rings (SSSR count). The zero-order valence-electron chi connectivity index (χ0n) is 23.8. The van der Waals surface area contributed by atoms with E-state index in [2.05, 4.69) is 31.5 Å². The Labute approximate surface area is 256 Å². The Morgan fingerprint density at radius 2 is 1.49 bits per heavy atom. The van der Waals surface area contributed by atoms with Crippen LogP contribution in [0.15, 0.2) is 63.7 Å². The van der Waals surface area contributed by atoms with Crippen LogP contribution in [0.4, 0.5) is 16.2 Å². The lowest BCUT2D eigenvalue weighted by molar-refractivity contribution is -0.121. The predicted molar refractivity (Wildman–Crippen MR) is 165 cm³/mol. The van der Waals surface area contributed by atoms with Crippen LogP contribution in [0.1, 0.15) is 61.7 Å². The lowest BCUT2D eigenvalue weighted by Gasteiger charge is -2.16. The first-order valence-electron chi connectivity index (χ1n) is 14.5. The quantitative estimate of drug-likeness (QED) is 0.0785. The summed E-state index contributed by atoms with van der Waals surface area (Å²) in [6.07, 6.45) is 7.03. The van der Waals surface area contributed by atoms with Crippen LogP contribution >= 0.6 is 11.8 Å². The van der Waals surface area contributed by atoms with Crippen molar-refractivity contribution in [3.05, 3.63) is 54.1 Å². The minimum Gasteiger partial charge on any atom is -0.356 e. The number of nitrogens with one attached hydrogen (secondary N) is 4. The van der Waals surface area contributed by atoms with Gasteiger partial charge >= 0.3 is 6.03 Å². The van der Waals surface area contributed by atoms with E-state index in [1.165, 1.54) is 24.3 Å². The van der Waals surface area contributed by atoms with Crippen molar-refractivity contribution in [2.45, 2.75) is 73.6 Å². The Kier molecular flexibility index (Phi) is 11.9. The third-order valence-corrected chi connectivity index (χ3v) is 9.71. The minimum absolute atomic E-state index is 0.0666. The number of fused-ring (bicyclic) bond motifs is 1. The Hall–Kier alpha value is -3.49. The van der Waals surface area contributed by atoms with Crippen molar-refractivity contribution < 1.29 is 27.4 Å². The SMILES string of the molecule is O=C(CCCC[C@H]1SCC2NC(=O)NC21)NCCCCCCNC(=O)c1ccc(/N=N/c2ccc(S(=O)(=O)O)cc2)cc1. The molecule has 2 fully saturated rings. The van der Waals surface area contributed by atoms with Crippen molar-refractivity contribution in [2.24, 2.45) is 10.2 Å². The van der Waals surface area contributed by atoms with E-state index in [1.807, 2.05) is 11.8 Å². The molecule has 0 saturated carbocycles. The molecule has 14 heteroatoms. The van der Waals surface area contributed by atoms with Gasteiger partial charge in [-0.1, -0.05) is 19.3 Å². The van der Waals surface area contributed by atoms with Gasteiger partial charge in [0.25, 0.3) is 16.0 Å². The second kappa shape index (κ2) is 15.8. The number of hydrogen-bond donors (Lipinski definition) is 5. The summed E-state index contributed by atoms with van der Waals surface area (Å²) in [6.45, 7) is 1.22. The summed E-state index contributed by atoms with van der Waals surface area (Å²) in [6, 6.07) is 12.4. The third-order valence-electron chi connectivity index (χ3n) is 7.34. The summed E-state index contributed by atoms with van der Waals surface area (Å²) in [5.41, 5.74) is 1.45. The molecule has 2 aliphatic heterocycles. The van der Waals surface area contributed by atoms with E-state index in [1.54, 1.807) is 24.3 Å². The molecular weight excluding hydrogens is 592 g/mol. The van der Waals surface area contributed by atoms with Crippen LogP contribution in [-0.2, 0) is 14.9 Å². The number of nitrogens with zero attached hydrogens (tertiary/aromatic N) is 2. The molecule has 43 heavy (non-hydrogen) atoms. The zero-order valence-corrected chi connectivity index (χ0v) is 25.5. The summed E-state index contributed by atoms with van der Waals surface area (Å²) >= 11 is 1.90. The molecule has 2 aromatic carbocycles. The molecule has 12 nitrogen and oxygen atoms in total. The van der Waals surface area contributed by atoms with Gasteiger partial charge in [0.2, 0.25) is 5.91 Å². The van der Waals surface area contributed by atoms with Gasteiger partial charge in [0.15, 0.2) is 0 Å². The van der Waals surface area contributed by atoms with Crippen molar-refractivity contribution in [2.75, 3.05) is 18.8 Å². The highest BCUT2D eigenvalue weighted by molar-refractivity contribution is 8.00. The average Bonchev–Trinajstić information content (AvgIpc) is 3.54. The van der Waals surface area contributed by atoms with Gasteiger partial charge in [-0.3, -0.25) is 14.1 Å². The van der Waals surface area contributed by atoms with Crippen LogP contribution in [0.5, 0.6) is 0 Å². The van der Waals surface area contributed by atoms with Gasteiger partial charge in [-0.25, -0.2) is 4.79 Å². The van der Waals surface area contributed by atoms with Gasteiger partial charge in [0, 0.05) is 36.1 Å². The molecule has 0 aromatic heterocycles. The van der Waals surface area contributed by atoms with Gasteiger partial charge in [-0.05, 0) is 74.2 Å². The highest BCUT2D eigenvalue weighted by Gasteiger charge is 2.42. The fraction of sp³-hybridized carbons (Fsp3) is 0.483. The lowest BCUT2D eigenvalue weighted by Crippen LogP contribution is -2.36. The molecule has 2 aromatic rings. The molecule has 2 saturated heterocycles. The lowest BCUT2D eigenvalue weighted by atomic mass is 10.0. The molecule has 0 radical (unpaired) electrons. The first-order valence-corrected chi connectivity index (χ1v) is 17.0. The molecule has 3 atom stereocenters. The van der Waals surface area contributed by atoms with E-state index in [0.717, 1.165) is 50.7 Å². The van der Waals surface area contributed by atoms with E-state index in [9.17, 15) is 22.8 Å². The van der Waals surface area contributed by atoms with E-state index in [4.69, 9.17) is 4.55 Å². The number of rotatable bonds is 16. The van der Waals surface area contributed by atoms with Crippen molar-refractivity contribution in [1.82, 2.24) is 21.3 Å².